The SMILES string of the molecule is OC(c1ccc(C(F)(F)C(F)(F)F)cc1)C(F)F. The average molecular weight is 276 g/mol. The molecule has 0 heterocycles. The van der Waals surface area contributed by atoms with Crippen molar-refractivity contribution in [1.29, 1.82) is 0 Å². The molecule has 1 N–H and O–H groups in total. The molecule has 0 aliphatic rings. The third kappa shape index (κ3) is 2.74. The Labute approximate surface area is 96.8 Å². The lowest BCUT2D eigenvalue weighted by Crippen LogP contribution is -2.33. The zero-order valence-electron chi connectivity index (χ0n) is 8.56. The quantitative estimate of drug-likeness (QED) is 0.836. The highest BCUT2D eigenvalue weighted by molar-refractivity contribution is 5.28. The van der Waals surface area contributed by atoms with Crippen molar-refractivity contribution in [3.63, 3.8) is 0 Å². The summed E-state index contributed by atoms with van der Waals surface area (Å²) in [4.78, 5) is 0. The van der Waals surface area contributed by atoms with E-state index < -0.39 is 35.8 Å². The van der Waals surface area contributed by atoms with Gasteiger partial charge in [0.2, 0.25) is 0 Å². The van der Waals surface area contributed by atoms with Crippen LogP contribution in [0.5, 0.6) is 0 Å². The van der Waals surface area contributed by atoms with Crippen LogP contribution in [0.15, 0.2) is 24.3 Å². The van der Waals surface area contributed by atoms with E-state index in [1.165, 1.54) is 0 Å². The van der Waals surface area contributed by atoms with Gasteiger partial charge in [0.05, 0.1) is 0 Å². The Morgan fingerprint density at radius 3 is 1.67 bits per heavy atom. The fourth-order valence-corrected chi connectivity index (χ4v) is 1.20. The topological polar surface area (TPSA) is 20.2 Å². The third-order valence-electron chi connectivity index (χ3n) is 2.21. The zero-order chi connectivity index (χ0) is 14.1. The molecule has 18 heavy (non-hydrogen) atoms. The Hall–Kier alpha value is -1.31. The summed E-state index contributed by atoms with van der Waals surface area (Å²) in [5.41, 5.74) is -1.81. The number of rotatable bonds is 3. The number of hydrogen-bond donors (Lipinski definition) is 1. The maximum atomic E-state index is 12.8. The van der Waals surface area contributed by atoms with Crippen LogP contribution in [0.1, 0.15) is 17.2 Å². The highest BCUT2D eigenvalue weighted by Crippen LogP contribution is 2.43. The fraction of sp³-hybridized carbons (Fsp3) is 0.400. The lowest BCUT2D eigenvalue weighted by atomic mass is 10.0. The zero-order valence-corrected chi connectivity index (χ0v) is 8.56. The number of aliphatic hydroxyl groups excluding tert-OH is 1. The molecule has 0 aliphatic carbocycles. The summed E-state index contributed by atoms with van der Waals surface area (Å²) in [5.74, 6) is -5.07. The van der Waals surface area contributed by atoms with Crippen molar-refractivity contribution >= 4 is 0 Å². The van der Waals surface area contributed by atoms with Gasteiger partial charge in [0, 0.05) is 5.56 Å². The van der Waals surface area contributed by atoms with Crippen LogP contribution in [0.25, 0.3) is 0 Å². The minimum absolute atomic E-state index is 0.356. The normalized spacial score (nSPS) is 14.9. The maximum Gasteiger partial charge on any atom is 0.458 e. The molecule has 8 heteroatoms. The summed E-state index contributed by atoms with van der Waals surface area (Å²) in [7, 11) is 0. The fourth-order valence-electron chi connectivity index (χ4n) is 1.20. The van der Waals surface area contributed by atoms with E-state index in [-0.39, 0.29) is 0 Å². The molecular formula is C10H7F7O. The molecule has 1 aromatic rings. The molecule has 1 unspecified atom stereocenters. The largest absolute Gasteiger partial charge is 0.458 e. The minimum Gasteiger partial charge on any atom is -0.382 e. The summed E-state index contributed by atoms with van der Waals surface area (Å²) >= 11 is 0. The summed E-state index contributed by atoms with van der Waals surface area (Å²) < 4.78 is 85.7. The molecule has 0 fully saturated rings. The molecule has 0 aliphatic heterocycles. The second kappa shape index (κ2) is 4.75. The number of aliphatic hydroxyl groups is 1. The first kappa shape index (κ1) is 14.7. The van der Waals surface area contributed by atoms with E-state index in [1.807, 2.05) is 0 Å². The Kier molecular flexibility index (Phi) is 3.89. The number of hydrogen-bond acceptors (Lipinski definition) is 1. The monoisotopic (exact) mass is 276 g/mol. The first-order chi connectivity index (χ1) is 8.07. The molecule has 0 saturated heterocycles. The molecule has 0 saturated carbocycles. The van der Waals surface area contributed by atoms with Crippen LogP contribution in [0.2, 0.25) is 0 Å². The first-order valence-electron chi connectivity index (χ1n) is 4.58. The van der Waals surface area contributed by atoms with Gasteiger partial charge in [-0.3, -0.25) is 0 Å². The molecule has 0 radical (unpaired) electrons. The Balaban J connectivity index is 3.03. The summed E-state index contributed by atoms with van der Waals surface area (Å²) in [6.45, 7) is 0. The maximum absolute atomic E-state index is 12.8. The minimum atomic E-state index is -5.77. The van der Waals surface area contributed by atoms with Gasteiger partial charge in [-0.1, -0.05) is 24.3 Å². The van der Waals surface area contributed by atoms with Crippen molar-refractivity contribution in [3.05, 3.63) is 35.4 Å². The van der Waals surface area contributed by atoms with Crippen LogP contribution in [-0.4, -0.2) is 17.7 Å². The predicted octanol–water partition coefficient (Wildman–Crippen LogP) is 3.64. The van der Waals surface area contributed by atoms with Crippen LogP contribution in [0.4, 0.5) is 30.7 Å². The second-order valence-electron chi connectivity index (χ2n) is 3.47. The van der Waals surface area contributed by atoms with Crippen molar-refractivity contribution in [3.8, 4) is 0 Å². The molecule has 0 bridgehead atoms. The summed E-state index contributed by atoms with van der Waals surface area (Å²) in [6, 6.07) is 1.92. The van der Waals surface area contributed by atoms with Gasteiger partial charge in [-0.25, -0.2) is 8.78 Å². The van der Waals surface area contributed by atoms with Gasteiger partial charge in [-0.2, -0.15) is 22.0 Å². The van der Waals surface area contributed by atoms with Crippen LogP contribution < -0.4 is 0 Å². The Morgan fingerprint density at radius 1 is 0.889 bits per heavy atom. The van der Waals surface area contributed by atoms with Gasteiger partial charge in [0.1, 0.15) is 6.10 Å². The van der Waals surface area contributed by atoms with E-state index in [0.29, 0.717) is 24.3 Å². The lowest BCUT2D eigenvalue weighted by Gasteiger charge is -2.20. The number of halogens is 7. The number of benzene rings is 1. The molecule has 1 rings (SSSR count). The third-order valence-corrected chi connectivity index (χ3v) is 2.21. The standard InChI is InChI=1S/C10H7F7O/c11-8(12)7(18)5-1-3-6(4-2-5)9(13,14)10(15,16)17/h1-4,7-8,18H. The van der Waals surface area contributed by atoms with E-state index in [0.717, 1.165) is 0 Å². The van der Waals surface area contributed by atoms with Crippen LogP contribution in [0.3, 0.4) is 0 Å². The van der Waals surface area contributed by atoms with E-state index in [4.69, 9.17) is 5.11 Å². The van der Waals surface area contributed by atoms with Gasteiger partial charge in [0.25, 0.3) is 6.43 Å². The van der Waals surface area contributed by atoms with Gasteiger partial charge in [0.15, 0.2) is 0 Å². The predicted molar refractivity (Wildman–Crippen MR) is 47.4 cm³/mol. The van der Waals surface area contributed by atoms with Crippen molar-refractivity contribution in [2.24, 2.45) is 0 Å². The van der Waals surface area contributed by atoms with Crippen LogP contribution in [-0.2, 0) is 5.92 Å². The Morgan fingerprint density at radius 2 is 1.33 bits per heavy atom. The molecule has 1 nitrogen and oxygen atoms in total. The molecular weight excluding hydrogens is 269 g/mol. The summed E-state index contributed by atoms with van der Waals surface area (Å²) in [6.07, 6.45) is -11.1. The van der Waals surface area contributed by atoms with Gasteiger partial charge < -0.3 is 5.11 Å². The highest BCUT2D eigenvalue weighted by atomic mass is 19.4. The second-order valence-corrected chi connectivity index (χ2v) is 3.47. The number of alkyl halides is 7. The van der Waals surface area contributed by atoms with E-state index in [9.17, 15) is 30.7 Å². The smallest absolute Gasteiger partial charge is 0.382 e. The van der Waals surface area contributed by atoms with Crippen molar-refractivity contribution in [1.82, 2.24) is 0 Å². The van der Waals surface area contributed by atoms with E-state index in [2.05, 4.69) is 0 Å². The van der Waals surface area contributed by atoms with Crippen LogP contribution >= 0.6 is 0 Å². The van der Waals surface area contributed by atoms with Crippen molar-refractivity contribution in [2.45, 2.75) is 24.6 Å². The molecule has 1 atom stereocenters. The summed E-state index contributed by atoms with van der Waals surface area (Å²) in [5, 5.41) is 8.89. The molecule has 1 aromatic carbocycles. The van der Waals surface area contributed by atoms with E-state index >= 15 is 0 Å². The molecule has 0 spiro atoms. The molecule has 102 valence electrons. The molecule has 0 aromatic heterocycles. The van der Waals surface area contributed by atoms with Crippen molar-refractivity contribution in [2.75, 3.05) is 0 Å². The molecule has 0 amide bonds. The average Bonchev–Trinajstić information content (AvgIpc) is 2.26. The van der Waals surface area contributed by atoms with Gasteiger partial charge in [-0.15, -0.1) is 0 Å². The van der Waals surface area contributed by atoms with Gasteiger partial charge >= 0.3 is 12.1 Å². The van der Waals surface area contributed by atoms with Gasteiger partial charge in [-0.05, 0) is 5.56 Å². The first-order valence-corrected chi connectivity index (χ1v) is 4.58. The lowest BCUT2D eigenvalue weighted by molar-refractivity contribution is -0.289. The Bertz CT molecular complexity index is 396. The van der Waals surface area contributed by atoms with Crippen molar-refractivity contribution < 1.29 is 35.8 Å². The van der Waals surface area contributed by atoms with E-state index in [1.54, 1.807) is 0 Å². The highest BCUT2D eigenvalue weighted by Gasteiger charge is 2.58. The van der Waals surface area contributed by atoms with Crippen LogP contribution in [0, 0.1) is 0 Å².